The van der Waals surface area contributed by atoms with Gasteiger partial charge in [0.15, 0.2) is 0 Å². The van der Waals surface area contributed by atoms with Crippen molar-refractivity contribution in [3.05, 3.63) is 29.8 Å². The Morgan fingerprint density at radius 1 is 1.23 bits per heavy atom. The van der Waals surface area contributed by atoms with Crippen molar-refractivity contribution in [1.82, 2.24) is 4.90 Å². The van der Waals surface area contributed by atoms with E-state index in [2.05, 4.69) is 4.90 Å². The van der Waals surface area contributed by atoms with E-state index < -0.39 is 5.60 Å². The lowest BCUT2D eigenvalue weighted by Crippen LogP contribution is -2.47. The molecule has 0 amide bonds. The number of likely N-dealkylation sites (tertiary alicyclic amines) is 1. The van der Waals surface area contributed by atoms with Crippen LogP contribution in [0.1, 0.15) is 44.1 Å². The van der Waals surface area contributed by atoms with Gasteiger partial charge in [0.2, 0.25) is 0 Å². The lowest BCUT2D eigenvalue weighted by atomic mass is 9.67. The number of esters is 1. The number of benzene rings is 1. The molecule has 1 aromatic carbocycles. The van der Waals surface area contributed by atoms with E-state index >= 15 is 0 Å². The van der Waals surface area contributed by atoms with Crippen LogP contribution in [0.2, 0.25) is 0 Å². The van der Waals surface area contributed by atoms with Gasteiger partial charge in [-0.25, -0.2) is 0 Å². The Bertz CT molecular complexity index is 662. The number of methoxy groups -OCH3 is 1. The van der Waals surface area contributed by atoms with Gasteiger partial charge in [-0.05, 0) is 37.3 Å². The molecule has 3 fully saturated rings. The van der Waals surface area contributed by atoms with Crippen molar-refractivity contribution < 1.29 is 19.4 Å². The van der Waals surface area contributed by atoms with Gasteiger partial charge < -0.3 is 14.6 Å². The Balaban J connectivity index is 1.30. The third-order valence-electron chi connectivity index (χ3n) is 6.60. The third kappa shape index (κ3) is 3.35. The third-order valence-corrected chi connectivity index (χ3v) is 6.60. The van der Waals surface area contributed by atoms with E-state index in [9.17, 15) is 9.90 Å². The topological polar surface area (TPSA) is 59.0 Å². The molecule has 1 aromatic rings. The average Bonchev–Trinajstić information content (AvgIpc) is 2.94. The summed E-state index contributed by atoms with van der Waals surface area (Å²) in [6.45, 7) is 2.48. The average molecular weight is 359 g/mol. The first-order chi connectivity index (χ1) is 12.5. The van der Waals surface area contributed by atoms with E-state index in [1.54, 1.807) is 7.11 Å². The summed E-state index contributed by atoms with van der Waals surface area (Å²) in [5.74, 6) is 0.866. The van der Waals surface area contributed by atoms with Crippen molar-refractivity contribution >= 4 is 5.97 Å². The van der Waals surface area contributed by atoms with Crippen LogP contribution in [-0.2, 0) is 16.0 Å². The molecule has 0 radical (unpaired) electrons. The van der Waals surface area contributed by atoms with Gasteiger partial charge in [0.1, 0.15) is 11.9 Å². The SMILES string of the molecule is COc1ccccc1CC1(O)CCN(CC2CC3(CCC3)C(=O)O2)CC1. The fourth-order valence-corrected chi connectivity index (χ4v) is 4.77. The van der Waals surface area contributed by atoms with E-state index in [0.717, 1.165) is 69.5 Å². The number of ether oxygens (including phenoxy) is 2. The second-order valence-electron chi connectivity index (χ2n) is 8.38. The summed E-state index contributed by atoms with van der Waals surface area (Å²) in [6.07, 6.45) is 6.15. The molecule has 1 spiro atoms. The van der Waals surface area contributed by atoms with Gasteiger partial charge in [-0.15, -0.1) is 0 Å². The number of cyclic esters (lactones) is 1. The summed E-state index contributed by atoms with van der Waals surface area (Å²) in [5.41, 5.74) is 0.222. The number of nitrogens with zero attached hydrogens (tertiary/aromatic N) is 1. The van der Waals surface area contributed by atoms with Gasteiger partial charge in [-0.1, -0.05) is 24.6 Å². The Hall–Kier alpha value is -1.59. The molecule has 1 atom stereocenters. The molecule has 3 aliphatic rings. The standard InChI is InChI=1S/C21H29NO4/c1-25-18-6-3-2-5-16(18)13-21(24)9-11-22(12-10-21)15-17-14-20(7-4-8-20)19(23)26-17/h2-3,5-6,17,24H,4,7-15H2,1H3. The molecule has 2 aliphatic heterocycles. The highest BCUT2D eigenvalue weighted by Gasteiger charge is 2.53. The summed E-state index contributed by atoms with van der Waals surface area (Å²) in [5, 5.41) is 11.0. The lowest BCUT2D eigenvalue weighted by molar-refractivity contribution is -0.152. The van der Waals surface area contributed by atoms with Crippen LogP contribution in [0.4, 0.5) is 0 Å². The molecule has 1 aliphatic carbocycles. The number of rotatable bonds is 5. The van der Waals surface area contributed by atoms with Gasteiger partial charge in [0.05, 0.1) is 18.1 Å². The largest absolute Gasteiger partial charge is 0.496 e. The molecule has 5 heteroatoms. The Morgan fingerprint density at radius 2 is 1.96 bits per heavy atom. The second-order valence-corrected chi connectivity index (χ2v) is 8.38. The van der Waals surface area contributed by atoms with Crippen LogP contribution in [0.15, 0.2) is 24.3 Å². The molecule has 142 valence electrons. The zero-order valence-corrected chi connectivity index (χ0v) is 15.6. The molecular formula is C21H29NO4. The first-order valence-electron chi connectivity index (χ1n) is 9.80. The highest BCUT2D eigenvalue weighted by molar-refractivity contribution is 5.80. The predicted octanol–water partition coefficient (Wildman–Crippen LogP) is 2.55. The Kier molecular flexibility index (Phi) is 4.70. The molecule has 2 saturated heterocycles. The fraction of sp³-hybridized carbons (Fsp3) is 0.667. The van der Waals surface area contributed by atoms with Gasteiger partial charge in [-0.2, -0.15) is 0 Å². The van der Waals surface area contributed by atoms with Crippen molar-refractivity contribution in [3.63, 3.8) is 0 Å². The summed E-state index contributed by atoms with van der Waals surface area (Å²) in [4.78, 5) is 14.4. The number of carbonyl (C=O) groups excluding carboxylic acids is 1. The molecule has 0 bridgehead atoms. The van der Waals surface area contributed by atoms with E-state index in [0.29, 0.717) is 6.42 Å². The van der Waals surface area contributed by atoms with Crippen LogP contribution in [0.25, 0.3) is 0 Å². The zero-order chi connectivity index (χ0) is 18.2. The van der Waals surface area contributed by atoms with Crippen LogP contribution in [-0.4, -0.2) is 54.4 Å². The first-order valence-corrected chi connectivity index (χ1v) is 9.80. The van der Waals surface area contributed by atoms with E-state index in [1.165, 1.54) is 0 Å². The van der Waals surface area contributed by atoms with Crippen molar-refractivity contribution in [2.24, 2.45) is 5.41 Å². The summed E-state index contributed by atoms with van der Waals surface area (Å²) in [7, 11) is 1.67. The van der Waals surface area contributed by atoms with Crippen LogP contribution < -0.4 is 4.74 Å². The zero-order valence-electron chi connectivity index (χ0n) is 15.6. The maximum atomic E-state index is 12.1. The maximum Gasteiger partial charge on any atom is 0.312 e. The summed E-state index contributed by atoms with van der Waals surface area (Å²) >= 11 is 0. The molecule has 4 rings (SSSR count). The van der Waals surface area contributed by atoms with Crippen molar-refractivity contribution in [1.29, 1.82) is 0 Å². The number of piperidine rings is 1. The van der Waals surface area contributed by atoms with Crippen LogP contribution in [0, 0.1) is 5.41 Å². The molecule has 26 heavy (non-hydrogen) atoms. The number of para-hydroxylation sites is 1. The molecular weight excluding hydrogens is 330 g/mol. The highest BCUT2D eigenvalue weighted by Crippen LogP contribution is 2.50. The van der Waals surface area contributed by atoms with Crippen molar-refractivity contribution in [3.8, 4) is 5.75 Å². The molecule has 2 heterocycles. The normalized spacial score (nSPS) is 27.2. The Morgan fingerprint density at radius 3 is 2.58 bits per heavy atom. The van der Waals surface area contributed by atoms with Crippen molar-refractivity contribution in [2.75, 3.05) is 26.7 Å². The fourth-order valence-electron chi connectivity index (χ4n) is 4.77. The maximum absolute atomic E-state index is 12.1. The Labute approximate surface area is 155 Å². The lowest BCUT2D eigenvalue weighted by Gasteiger charge is -2.39. The quantitative estimate of drug-likeness (QED) is 0.819. The minimum absolute atomic E-state index is 0.0263. The van der Waals surface area contributed by atoms with Gasteiger partial charge in [-0.3, -0.25) is 9.69 Å². The highest BCUT2D eigenvalue weighted by atomic mass is 16.6. The minimum atomic E-state index is -0.688. The van der Waals surface area contributed by atoms with Crippen molar-refractivity contribution in [2.45, 2.75) is 56.7 Å². The predicted molar refractivity (Wildman–Crippen MR) is 98.1 cm³/mol. The number of carbonyl (C=O) groups is 1. The van der Waals surface area contributed by atoms with Crippen LogP contribution in [0.3, 0.4) is 0 Å². The summed E-state index contributed by atoms with van der Waals surface area (Å²) in [6, 6.07) is 7.91. The van der Waals surface area contributed by atoms with Gasteiger partial charge in [0, 0.05) is 32.5 Å². The monoisotopic (exact) mass is 359 g/mol. The van der Waals surface area contributed by atoms with Crippen LogP contribution in [0.5, 0.6) is 5.75 Å². The smallest absolute Gasteiger partial charge is 0.312 e. The summed E-state index contributed by atoms with van der Waals surface area (Å²) < 4.78 is 11.1. The number of hydrogen-bond acceptors (Lipinski definition) is 5. The number of aliphatic hydroxyl groups is 1. The first kappa shape index (κ1) is 17.8. The molecule has 1 saturated carbocycles. The molecule has 1 unspecified atom stereocenters. The van der Waals surface area contributed by atoms with Gasteiger partial charge in [0.25, 0.3) is 0 Å². The molecule has 0 aromatic heterocycles. The number of hydrogen-bond donors (Lipinski definition) is 1. The van der Waals surface area contributed by atoms with E-state index in [1.807, 2.05) is 24.3 Å². The van der Waals surface area contributed by atoms with Gasteiger partial charge >= 0.3 is 5.97 Å². The van der Waals surface area contributed by atoms with E-state index in [4.69, 9.17) is 9.47 Å². The van der Waals surface area contributed by atoms with E-state index in [-0.39, 0.29) is 17.5 Å². The molecule has 1 N–H and O–H groups in total. The van der Waals surface area contributed by atoms with Crippen LogP contribution >= 0.6 is 0 Å². The molecule has 5 nitrogen and oxygen atoms in total. The second kappa shape index (κ2) is 6.86. The minimum Gasteiger partial charge on any atom is -0.496 e.